The molecule has 4 rings (SSSR count). The molecule has 2 fully saturated rings. The SMILES string of the molecule is CN1CCC2(CCN(CC(O)COc3cccc4[nH]ccc34)CC2)C1=O. The van der Waals surface area contributed by atoms with E-state index in [1.807, 2.05) is 42.4 Å². The molecule has 1 aromatic heterocycles. The zero-order chi connectivity index (χ0) is 18.1. The second kappa shape index (κ2) is 6.93. The fourth-order valence-corrected chi connectivity index (χ4v) is 4.34. The Hall–Kier alpha value is -2.05. The summed E-state index contributed by atoms with van der Waals surface area (Å²) >= 11 is 0. The van der Waals surface area contributed by atoms with Crippen LogP contribution in [0, 0.1) is 5.41 Å². The van der Waals surface area contributed by atoms with Crippen LogP contribution in [0.15, 0.2) is 30.5 Å². The van der Waals surface area contributed by atoms with Gasteiger partial charge in [-0.1, -0.05) is 6.07 Å². The number of β-amino-alcohol motifs (C(OH)–C–C–N with tert-alkyl or cyclic N) is 1. The van der Waals surface area contributed by atoms with E-state index in [4.69, 9.17) is 4.74 Å². The van der Waals surface area contributed by atoms with Crippen LogP contribution in [-0.4, -0.2) is 71.7 Å². The van der Waals surface area contributed by atoms with Crippen molar-refractivity contribution >= 4 is 16.8 Å². The van der Waals surface area contributed by atoms with Gasteiger partial charge < -0.3 is 24.6 Å². The average molecular weight is 357 g/mol. The maximum atomic E-state index is 12.4. The number of nitrogens with one attached hydrogen (secondary N) is 1. The van der Waals surface area contributed by atoms with E-state index < -0.39 is 6.10 Å². The molecule has 6 heteroatoms. The number of hydrogen-bond donors (Lipinski definition) is 2. The maximum Gasteiger partial charge on any atom is 0.228 e. The predicted octanol–water partition coefficient (Wildman–Crippen LogP) is 1.85. The van der Waals surface area contributed by atoms with Crippen molar-refractivity contribution in [1.29, 1.82) is 0 Å². The molecule has 0 radical (unpaired) electrons. The number of H-pyrrole nitrogens is 1. The predicted molar refractivity (Wildman–Crippen MR) is 100 cm³/mol. The second-order valence-corrected chi connectivity index (χ2v) is 7.72. The number of ether oxygens (including phenoxy) is 1. The number of aromatic nitrogens is 1. The van der Waals surface area contributed by atoms with Crippen molar-refractivity contribution in [3.8, 4) is 5.75 Å². The van der Waals surface area contributed by atoms with Crippen LogP contribution in [-0.2, 0) is 4.79 Å². The number of amides is 1. The minimum Gasteiger partial charge on any atom is -0.490 e. The summed E-state index contributed by atoms with van der Waals surface area (Å²) in [6, 6.07) is 7.86. The van der Waals surface area contributed by atoms with Crippen LogP contribution in [0.2, 0.25) is 0 Å². The summed E-state index contributed by atoms with van der Waals surface area (Å²) < 4.78 is 5.85. The summed E-state index contributed by atoms with van der Waals surface area (Å²) in [5.41, 5.74) is 0.890. The molecule has 2 aliphatic rings. The van der Waals surface area contributed by atoms with E-state index in [1.165, 1.54) is 0 Å². The van der Waals surface area contributed by atoms with E-state index in [2.05, 4.69) is 9.88 Å². The largest absolute Gasteiger partial charge is 0.490 e. The first kappa shape index (κ1) is 17.4. The number of rotatable bonds is 5. The van der Waals surface area contributed by atoms with Crippen LogP contribution in [0.1, 0.15) is 19.3 Å². The first-order chi connectivity index (χ1) is 12.6. The van der Waals surface area contributed by atoms with Crippen molar-refractivity contribution in [2.24, 2.45) is 5.41 Å². The van der Waals surface area contributed by atoms with Crippen LogP contribution in [0.5, 0.6) is 5.75 Å². The van der Waals surface area contributed by atoms with Crippen molar-refractivity contribution in [2.45, 2.75) is 25.4 Å². The number of fused-ring (bicyclic) bond motifs is 1. The molecule has 6 nitrogen and oxygen atoms in total. The molecule has 1 aromatic carbocycles. The molecule has 1 spiro atoms. The van der Waals surface area contributed by atoms with Crippen molar-refractivity contribution < 1.29 is 14.6 Å². The summed E-state index contributed by atoms with van der Waals surface area (Å²) in [6.45, 7) is 3.46. The number of aliphatic hydroxyl groups excluding tert-OH is 1. The number of carbonyl (C=O) groups is 1. The Morgan fingerprint density at radius 3 is 2.73 bits per heavy atom. The third-order valence-corrected chi connectivity index (χ3v) is 5.99. The highest BCUT2D eigenvalue weighted by Gasteiger charge is 2.46. The fraction of sp³-hybridized carbons (Fsp3) is 0.550. The van der Waals surface area contributed by atoms with Crippen molar-refractivity contribution in [1.82, 2.24) is 14.8 Å². The Balaban J connectivity index is 1.28. The van der Waals surface area contributed by atoms with Crippen molar-refractivity contribution in [3.63, 3.8) is 0 Å². The normalized spacial score (nSPS) is 21.6. The lowest BCUT2D eigenvalue weighted by Gasteiger charge is -2.38. The number of nitrogens with zero attached hydrogens (tertiary/aromatic N) is 2. The minimum absolute atomic E-state index is 0.142. The Kier molecular flexibility index (Phi) is 4.63. The highest BCUT2D eigenvalue weighted by atomic mass is 16.5. The Bertz CT molecular complexity index is 779. The first-order valence-electron chi connectivity index (χ1n) is 9.42. The molecular formula is C20H27N3O3. The molecule has 1 amide bonds. The number of carbonyl (C=O) groups excluding carboxylic acids is 1. The number of aliphatic hydroxyl groups is 1. The van der Waals surface area contributed by atoms with E-state index in [-0.39, 0.29) is 12.0 Å². The van der Waals surface area contributed by atoms with E-state index in [1.54, 1.807) is 0 Å². The van der Waals surface area contributed by atoms with Crippen LogP contribution < -0.4 is 4.74 Å². The Morgan fingerprint density at radius 1 is 1.23 bits per heavy atom. The number of aromatic amines is 1. The van der Waals surface area contributed by atoms with Gasteiger partial charge in [-0.05, 0) is 50.6 Å². The third-order valence-electron chi connectivity index (χ3n) is 5.99. The summed E-state index contributed by atoms with van der Waals surface area (Å²) in [4.78, 5) is 19.7. The zero-order valence-electron chi connectivity index (χ0n) is 15.3. The molecule has 2 aromatic rings. The fourth-order valence-electron chi connectivity index (χ4n) is 4.34. The number of hydrogen-bond acceptors (Lipinski definition) is 4. The maximum absolute atomic E-state index is 12.4. The quantitative estimate of drug-likeness (QED) is 0.857. The van der Waals surface area contributed by atoms with E-state index >= 15 is 0 Å². The standard InChI is InChI=1S/C20H27N3O3/c1-22-10-6-20(19(22)25)7-11-23(12-8-20)13-15(24)14-26-18-4-2-3-17-16(18)5-9-21-17/h2-5,9,15,21,24H,6-8,10-14H2,1H3. The molecule has 140 valence electrons. The summed E-state index contributed by atoms with van der Waals surface area (Å²) in [5.74, 6) is 1.10. The van der Waals surface area contributed by atoms with E-state index in [9.17, 15) is 9.90 Å². The van der Waals surface area contributed by atoms with Gasteiger partial charge in [-0.15, -0.1) is 0 Å². The second-order valence-electron chi connectivity index (χ2n) is 7.72. The molecule has 0 saturated carbocycles. The highest BCUT2D eigenvalue weighted by molar-refractivity contribution is 5.85. The lowest BCUT2D eigenvalue weighted by atomic mass is 9.77. The molecule has 1 unspecified atom stereocenters. The number of benzene rings is 1. The molecule has 26 heavy (non-hydrogen) atoms. The molecule has 3 heterocycles. The van der Waals surface area contributed by atoms with Gasteiger partial charge in [0.25, 0.3) is 0 Å². The highest BCUT2D eigenvalue weighted by Crippen LogP contribution is 2.40. The summed E-state index contributed by atoms with van der Waals surface area (Å²) in [7, 11) is 1.90. The molecule has 0 aliphatic carbocycles. The van der Waals surface area contributed by atoms with Gasteiger partial charge in [0.1, 0.15) is 18.5 Å². The summed E-state index contributed by atoms with van der Waals surface area (Å²) in [6.07, 6.45) is 4.11. The molecule has 1 atom stereocenters. The average Bonchev–Trinajstić information content (AvgIpc) is 3.23. The molecule has 2 aliphatic heterocycles. The van der Waals surface area contributed by atoms with E-state index in [0.29, 0.717) is 12.5 Å². The number of piperidine rings is 1. The zero-order valence-corrected chi connectivity index (χ0v) is 15.3. The molecule has 0 bridgehead atoms. The first-order valence-corrected chi connectivity index (χ1v) is 9.42. The monoisotopic (exact) mass is 357 g/mol. The van der Waals surface area contributed by atoms with Gasteiger partial charge >= 0.3 is 0 Å². The number of likely N-dealkylation sites (tertiary alicyclic amines) is 2. The van der Waals surface area contributed by atoms with Gasteiger partial charge in [0.2, 0.25) is 5.91 Å². The van der Waals surface area contributed by atoms with Gasteiger partial charge in [0.05, 0.1) is 5.41 Å². The molecular weight excluding hydrogens is 330 g/mol. The summed E-state index contributed by atoms with van der Waals surface area (Å²) in [5, 5.41) is 11.4. The lowest BCUT2D eigenvalue weighted by Crippen LogP contribution is -2.46. The van der Waals surface area contributed by atoms with Crippen LogP contribution >= 0.6 is 0 Å². The van der Waals surface area contributed by atoms with Gasteiger partial charge in [-0.3, -0.25) is 4.79 Å². The lowest BCUT2D eigenvalue weighted by molar-refractivity contribution is -0.137. The van der Waals surface area contributed by atoms with Crippen LogP contribution in [0.3, 0.4) is 0 Å². The van der Waals surface area contributed by atoms with Crippen molar-refractivity contribution in [3.05, 3.63) is 30.5 Å². The van der Waals surface area contributed by atoms with E-state index in [0.717, 1.165) is 55.5 Å². The molecule has 2 N–H and O–H groups in total. The molecule has 2 saturated heterocycles. The minimum atomic E-state index is -0.541. The van der Waals surface area contributed by atoms with Crippen molar-refractivity contribution in [2.75, 3.05) is 39.8 Å². The Morgan fingerprint density at radius 2 is 2.00 bits per heavy atom. The topological polar surface area (TPSA) is 68.8 Å². The van der Waals surface area contributed by atoms with Gasteiger partial charge in [-0.25, -0.2) is 0 Å². The smallest absolute Gasteiger partial charge is 0.228 e. The van der Waals surface area contributed by atoms with Gasteiger partial charge in [0, 0.05) is 37.2 Å². The van der Waals surface area contributed by atoms with Gasteiger partial charge in [-0.2, -0.15) is 0 Å². The van der Waals surface area contributed by atoms with Gasteiger partial charge in [0.15, 0.2) is 0 Å². The van der Waals surface area contributed by atoms with Crippen LogP contribution in [0.25, 0.3) is 10.9 Å². The Labute approximate surface area is 153 Å². The third kappa shape index (κ3) is 3.19. The van der Waals surface area contributed by atoms with Crippen LogP contribution in [0.4, 0.5) is 0 Å².